The Kier molecular flexibility index (Phi) is 3.96. The molecular formula is C13H25N3O. The van der Waals surface area contributed by atoms with Crippen molar-refractivity contribution in [3.05, 3.63) is 0 Å². The van der Waals surface area contributed by atoms with E-state index in [1.807, 2.05) is 0 Å². The summed E-state index contributed by atoms with van der Waals surface area (Å²) in [6, 6.07) is 1.62. The number of piperazine rings is 1. The van der Waals surface area contributed by atoms with Gasteiger partial charge in [-0.05, 0) is 12.8 Å². The van der Waals surface area contributed by atoms with E-state index in [1.165, 1.54) is 45.4 Å². The minimum Gasteiger partial charge on any atom is -0.379 e. The lowest BCUT2D eigenvalue weighted by Gasteiger charge is -2.41. The average Bonchev–Trinajstić information content (AvgIpc) is 2.90. The third kappa shape index (κ3) is 2.65. The Hall–Kier alpha value is -0.160. The molecule has 0 amide bonds. The van der Waals surface area contributed by atoms with Crippen LogP contribution in [0, 0.1) is 0 Å². The van der Waals surface area contributed by atoms with Crippen LogP contribution < -0.4 is 5.32 Å². The van der Waals surface area contributed by atoms with Crippen molar-refractivity contribution in [3.8, 4) is 0 Å². The summed E-state index contributed by atoms with van der Waals surface area (Å²) >= 11 is 0. The third-order valence-electron chi connectivity index (χ3n) is 4.58. The lowest BCUT2D eigenvalue weighted by molar-refractivity contribution is -0.00318. The van der Waals surface area contributed by atoms with Crippen molar-refractivity contribution in [1.29, 1.82) is 0 Å². The van der Waals surface area contributed by atoms with Crippen molar-refractivity contribution < 1.29 is 4.74 Å². The van der Waals surface area contributed by atoms with Gasteiger partial charge in [0.2, 0.25) is 0 Å². The van der Waals surface area contributed by atoms with Gasteiger partial charge in [-0.2, -0.15) is 0 Å². The fraction of sp³-hybridized carbons (Fsp3) is 1.00. The Labute approximate surface area is 104 Å². The molecule has 4 nitrogen and oxygen atoms in total. The van der Waals surface area contributed by atoms with Gasteiger partial charge < -0.3 is 10.1 Å². The fourth-order valence-electron chi connectivity index (χ4n) is 3.70. The number of nitrogens with one attached hydrogen (secondary N) is 1. The summed E-state index contributed by atoms with van der Waals surface area (Å²) in [4.78, 5) is 5.41. The third-order valence-corrected chi connectivity index (χ3v) is 4.58. The first-order chi connectivity index (χ1) is 8.45. The predicted molar refractivity (Wildman–Crippen MR) is 68.3 cm³/mol. The largest absolute Gasteiger partial charge is 0.379 e. The van der Waals surface area contributed by atoms with Crippen LogP contribution in [0.1, 0.15) is 19.3 Å². The number of nitrogens with zero attached hydrogens (tertiary/aromatic N) is 2. The molecule has 2 saturated heterocycles. The molecule has 2 aliphatic heterocycles. The van der Waals surface area contributed by atoms with Gasteiger partial charge in [-0.15, -0.1) is 0 Å². The topological polar surface area (TPSA) is 27.7 Å². The fourth-order valence-corrected chi connectivity index (χ4v) is 3.70. The van der Waals surface area contributed by atoms with E-state index in [0.717, 1.165) is 38.4 Å². The zero-order valence-corrected chi connectivity index (χ0v) is 10.7. The Bertz CT molecular complexity index is 213. The molecule has 0 bridgehead atoms. The van der Waals surface area contributed by atoms with E-state index >= 15 is 0 Å². The first kappa shape index (κ1) is 11.9. The number of rotatable bonds is 2. The Morgan fingerprint density at radius 2 is 1.41 bits per heavy atom. The summed E-state index contributed by atoms with van der Waals surface area (Å²) in [6.07, 6.45) is 4.22. The van der Waals surface area contributed by atoms with E-state index in [-0.39, 0.29) is 0 Å². The van der Waals surface area contributed by atoms with E-state index in [4.69, 9.17) is 4.74 Å². The molecule has 0 aromatic heterocycles. The molecular weight excluding hydrogens is 214 g/mol. The molecule has 0 aromatic rings. The molecule has 0 radical (unpaired) electrons. The van der Waals surface area contributed by atoms with E-state index in [9.17, 15) is 0 Å². The van der Waals surface area contributed by atoms with Crippen molar-refractivity contribution in [2.45, 2.75) is 31.3 Å². The van der Waals surface area contributed by atoms with Gasteiger partial charge in [-0.25, -0.2) is 0 Å². The first-order valence-electron chi connectivity index (χ1n) is 7.22. The summed E-state index contributed by atoms with van der Waals surface area (Å²) in [6.45, 7) is 8.99. The average molecular weight is 239 g/mol. The van der Waals surface area contributed by atoms with Gasteiger partial charge in [0.25, 0.3) is 0 Å². The number of morpholine rings is 1. The zero-order chi connectivity index (χ0) is 11.5. The second kappa shape index (κ2) is 5.65. The van der Waals surface area contributed by atoms with Crippen molar-refractivity contribution in [1.82, 2.24) is 15.1 Å². The molecule has 1 aliphatic carbocycles. The highest BCUT2D eigenvalue weighted by atomic mass is 16.5. The Morgan fingerprint density at radius 3 is 2.06 bits per heavy atom. The summed E-state index contributed by atoms with van der Waals surface area (Å²) in [5, 5.41) is 3.46. The smallest absolute Gasteiger partial charge is 0.0594 e. The molecule has 2 heterocycles. The number of hydrogen-bond donors (Lipinski definition) is 1. The Morgan fingerprint density at radius 1 is 0.824 bits per heavy atom. The van der Waals surface area contributed by atoms with Crippen LogP contribution in [-0.2, 0) is 4.74 Å². The van der Waals surface area contributed by atoms with Crippen LogP contribution in [0.25, 0.3) is 0 Å². The molecule has 17 heavy (non-hydrogen) atoms. The molecule has 98 valence electrons. The second-order valence-electron chi connectivity index (χ2n) is 5.50. The standard InChI is InChI=1S/C13H25N3O/c1-2-12(15-6-4-14-5-7-15)13(3-1)16-8-10-17-11-9-16/h12-14H,1-11H2. The van der Waals surface area contributed by atoms with Gasteiger partial charge in [0.15, 0.2) is 0 Å². The molecule has 3 fully saturated rings. The molecule has 2 atom stereocenters. The van der Waals surface area contributed by atoms with Crippen LogP contribution in [0.15, 0.2) is 0 Å². The van der Waals surface area contributed by atoms with Crippen LogP contribution in [0.5, 0.6) is 0 Å². The van der Waals surface area contributed by atoms with E-state index < -0.39 is 0 Å². The molecule has 3 rings (SSSR count). The maximum atomic E-state index is 5.47. The molecule has 1 N–H and O–H groups in total. The van der Waals surface area contributed by atoms with E-state index in [1.54, 1.807) is 0 Å². The minimum atomic E-state index is 0.803. The van der Waals surface area contributed by atoms with E-state index in [0.29, 0.717) is 0 Å². The van der Waals surface area contributed by atoms with Crippen molar-refractivity contribution in [2.24, 2.45) is 0 Å². The second-order valence-corrected chi connectivity index (χ2v) is 5.50. The lowest BCUT2D eigenvalue weighted by Crippen LogP contribution is -2.56. The molecule has 0 spiro atoms. The van der Waals surface area contributed by atoms with Crippen LogP contribution in [0.3, 0.4) is 0 Å². The maximum absolute atomic E-state index is 5.47. The molecule has 0 aromatic carbocycles. The molecule has 3 aliphatic rings. The quantitative estimate of drug-likeness (QED) is 0.742. The number of hydrogen-bond acceptors (Lipinski definition) is 4. The molecule has 4 heteroatoms. The highest BCUT2D eigenvalue weighted by Gasteiger charge is 2.36. The lowest BCUT2D eigenvalue weighted by atomic mass is 10.1. The van der Waals surface area contributed by atoms with Gasteiger partial charge >= 0.3 is 0 Å². The van der Waals surface area contributed by atoms with Crippen molar-refractivity contribution in [3.63, 3.8) is 0 Å². The van der Waals surface area contributed by atoms with Crippen LogP contribution in [0.4, 0.5) is 0 Å². The summed E-state index contributed by atoms with van der Waals surface area (Å²) < 4.78 is 5.47. The van der Waals surface area contributed by atoms with Crippen LogP contribution >= 0.6 is 0 Å². The molecule has 1 saturated carbocycles. The van der Waals surface area contributed by atoms with E-state index in [2.05, 4.69) is 15.1 Å². The van der Waals surface area contributed by atoms with Gasteiger partial charge in [-0.1, -0.05) is 6.42 Å². The minimum absolute atomic E-state index is 0.803. The van der Waals surface area contributed by atoms with Crippen LogP contribution in [-0.4, -0.2) is 74.4 Å². The number of ether oxygens (including phenoxy) is 1. The highest BCUT2D eigenvalue weighted by molar-refractivity contribution is 4.93. The molecule has 2 unspecified atom stereocenters. The SMILES string of the molecule is C1CC(N2CCNCC2)C(N2CCOCC2)C1. The summed E-state index contributed by atoms with van der Waals surface area (Å²) in [5.74, 6) is 0. The van der Waals surface area contributed by atoms with Gasteiger partial charge in [0.1, 0.15) is 0 Å². The van der Waals surface area contributed by atoms with Gasteiger partial charge in [0, 0.05) is 51.4 Å². The van der Waals surface area contributed by atoms with Crippen molar-refractivity contribution in [2.75, 3.05) is 52.5 Å². The first-order valence-corrected chi connectivity index (χ1v) is 7.22. The summed E-state index contributed by atoms with van der Waals surface area (Å²) in [7, 11) is 0. The van der Waals surface area contributed by atoms with Gasteiger partial charge in [-0.3, -0.25) is 9.80 Å². The van der Waals surface area contributed by atoms with Gasteiger partial charge in [0.05, 0.1) is 13.2 Å². The summed E-state index contributed by atoms with van der Waals surface area (Å²) in [5.41, 5.74) is 0. The highest BCUT2D eigenvalue weighted by Crippen LogP contribution is 2.29. The predicted octanol–water partition coefficient (Wildman–Crippen LogP) is 0.145. The van der Waals surface area contributed by atoms with Crippen molar-refractivity contribution >= 4 is 0 Å². The monoisotopic (exact) mass is 239 g/mol. The Balaban J connectivity index is 1.61. The maximum Gasteiger partial charge on any atom is 0.0594 e. The normalized spacial score (nSPS) is 37.4. The van der Waals surface area contributed by atoms with Crippen LogP contribution in [0.2, 0.25) is 0 Å². The zero-order valence-electron chi connectivity index (χ0n) is 10.7.